The maximum Gasteiger partial charge on any atom is 0.191 e. The predicted molar refractivity (Wildman–Crippen MR) is 121 cm³/mol. The first-order valence-corrected chi connectivity index (χ1v) is 10.1. The van der Waals surface area contributed by atoms with Crippen LogP contribution >= 0.6 is 35.2 Å². The van der Waals surface area contributed by atoms with Crippen LogP contribution < -0.4 is 15.9 Å². The summed E-state index contributed by atoms with van der Waals surface area (Å²) in [6.07, 6.45) is 3.39. The van der Waals surface area contributed by atoms with Crippen LogP contribution in [0.15, 0.2) is 58.5 Å². The Morgan fingerprint density at radius 2 is 1.96 bits per heavy atom. The first-order valence-electron chi connectivity index (χ1n) is 8.41. The average Bonchev–Trinajstić information content (AvgIpc) is 3.13. The van der Waals surface area contributed by atoms with Crippen LogP contribution in [0.2, 0.25) is 0 Å². The number of nitrogens with two attached hydrogens (primary N) is 1. The lowest BCUT2D eigenvalue weighted by Gasteiger charge is -2.20. The van der Waals surface area contributed by atoms with E-state index in [0.29, 0.717) is 32.8 Å². The third-order valence-electron chi connectivity index (χ3n) is 3.82. The van der Waals surface area contributed by atoms with Crippen LogP contribution in [0.4, 0.5) is 5.00 Å². The van der Waals surface area contributed by atoms with Crippen molar-refractivity contribution in [1.82, 2.24) is 5.01 Å². The molecule has 0 aliphatic carbocycles. The van der Waals surface area contributed by atoms with Gasteiger partial charge in [0.05, 0.1) is 19.2 Å². The molecule has 28 heavy (non-hydrogen) atoms. The van der Waals surface area contributed by atoms with Gasteiger partial charge in [-0.15, -0.1) is 11.3 Å². The van der Waals surface area contributed by atoms with Gasteiger partial charge in [0.15, 0.2) is 10.9 Å². The number of hydrazine groups is 1. The molecule has 0 unspecified atom stereocenters. The fourth-order valence-corrected chi connectivity index (χ4v) is 3.36. The molecule has 1 aromatic heterocycles. The van der Waals surface area contributed by atoms with Crippen molar-refractivity contribution >= 4 is 51.1 Å². The number of carbonyl (C=O) groups excluding carboxylic acids is 1. The third kappa shape index (κ3) is 6.17. The molecule has 3 N–H and O–H groups in total. The number of rotatable bonds is 7. The quantitative estimate of drug-likeness (QED) is 0.157. The zero-order valence-electron chi connectivity index (χ0n) is 15.9. The zero-order chi connectivity index (χ0) is 20.7. The number of thiophene rings is 1. The summed E-state index contributed by atoms with van der Waals surface area (Å²) in [6, 6.07) is 9.32. The first-order chi connectivity index (χ1) is 13.3. The Kier molecular flexibility index (Phi) is 8.19. The number of anilines is 1. The van der Waals surface area contributed by atoms with Crippen molar-refractivity contribution < 1.29 is 9.53 Å². The van der Waals surface area contributed by atoms with E-state index in [1.807, 2.05) is 29.6 Å². The molecule has 0 saturated carbocycles. The number of halogens is 1. The van der Waals surface area contributed by atoms with Crippen LogP contribution in [0.3, 0.4) is 0 Å². The fraction of sp³-hybridized carbons (Fsp3) is 0.200. The Morgan fingerprint density at radius 3 is 2.57 bits per heavy atom. The van der Waals surface area contributed by atoms with Gasteiger partial charge in [-0.25, -0.2) is 5.84 Å². The van der Waals surface area contributed by atoms with Gasteiger partial charge in [-0.05, 0) is 66.9 Å². The highest BCUT2D eigenvalue weighted by Gasteiger charge is 2.16. The van der Waals surface area contributed by atoms with Gasteiger partial charge in [0.1, 0.15) is 10.8 Å². The second-order valence-electron chi connectivity index (χ2n) is 6.00. The summed E-state index contributed by atoms with van der Waals surface area (Å²) < 4.78 is 5.15. The van der Waals surface area contributed by atoms with Gasteiger partial charge >= 0.3 is 0 Å². The van der Waals surface area contributed by atoms with Gasteiger partial charge in [0.25, 0.3) is 0 Å². The number of ketones is 1. The second-order valence-corrected chi connectivity index (χ2v) is 7.90. The van der Waals surface area contributed by atoms with Crippen molar-refractivity contribution in [1.29, 1.82) is 0 Å². The summed E-state index contributed by atoms with van der Waals surface area (Å²) in [7, 11) is 1.62. The first kappa shape index (κ1) is 22.1. The molecule has 0 aliphatic heterocycles. The molecule has 2 aromatic rings. The van der Waals surface area contributed by atoms with E-state index in [-0.39, 0.29) is 5.78 Å². The van der Waals surface area contributed by atoms with Crippen LogP contribution in [0.1, 0.15) is 29.8 Å². The summed E-state index contributed by atoms with van der Waals surface area (Å²) in [5, 5.41) is 7.91. The van der Waals surface area contributed by atoms with E-state index in [4.69, 9.17) is 34.4 Å². The lowest BCUT2D eigenvalue weighted by atomic mass is 10.1. The van der Waals surface area contributed by atoms with E-state index in [9.17, 15) is 4.79 Å². The van der Waals surface area contributed by atoms with Crippen LogP contribution in [-0.4, -0.2) is 23.0 Å². The third-order valence-corrected chi connectivity index (χ3v) is 5.12. The second kappa shape index (κ2) is 10.4. The summed E-state index contributed by atoms with van der Waals surface area (Å²) in [5.41, 5.74) is 2.10. The number of nitrogens with zero attached hydrogens (tertiary/aromatic N) is 1. The van der Waals surface area contributed by atoms with Gasteiger partial charge in [0, 0.05) is 5.03 Å². The van der Waals surface area contributed by atoms with E-state index in [0.717, 1.165) is 11.3 Å². The predicted octanol–water partition coefficient (Wildman–Crippen LogP) is 5.10. The van der Waals surface area contributed by atoms with Crippen molar-refractivity contribution in [2.24, 2.45) is 5.84 Å². The van der Waals surface area contributed by atoms with Gasteiger partial charge in [-0.1, -0.05) is 29.8 Å². The van der Waals surface area contributed by atoms with Crippen LogP contribution in [0, 0.1) is 0 Å². The lowest BCUT2D eigenvalue weighted by molar-refractivity contribution is 0.103. The summed E-state index contributed by atoms with van der Waals surface area (Å²) in [4.78, 5) is 12.7. The van der Waals surface area contributed by atoms with E-state index >= 15 is 0 Å². The van der Waals surface area contributed by atoms with Crippen LogP contribution in [0.25, 0.3) is 0 Å². The molecular weight excluding hydrogens is 414 g/mol. The van der Waals surface area contributed by atoms with Gasteiger partial charge in [-0.3, -0.25) is 9.80 Å². The Morgan fingerprint density at radius 1 is 1.29 bits per heavy atom. The highest BCUT2D eigenvalue weighted by molar-refractivity contribution is 7.80. The Labute approximate surface area is 179 Å². The number of carbonyl (C=O) groups is 1. The number of nitrogens with one attached hydrogen (secondary N) is 1. The SMILES string of the molecule is COc1ccc(CN(N)C(=S)Nc2sccc2C(=O)/C(C)=C/C=C(\C)Cl)cc1. The molecule has 5 nitrogen and oxygen atoms in total. The minimum absolute atomic E-state index is 0.0977. The number of allylic oxidation sites excluding steroid dienone is 4. The van der Waals surface area contributed by atoms with Gasteiger partial charge < -0.3 is 10.1 Å². The monoisotopic (exact) mass is 435 g/mol. The smallest absolute Gasteiger partial charge is 0.191 e. The van der Waals surface area contributed by atoms with Crippen molar-refractivity contribution in [3.63, 3.8) is 0 Å². The number of Topliss-reactive ketones (excluding diaryl/α,β-unsaturated/α-hetero) is 1. The van der Waals surface area contributed by atoms with Gasteiger partial charge in [0.2, 0.25) is 0 Å². The largest absolute Gasteiger partial charge is 0.497 e. The maximum absolute atomic E-state index is 12.7. The minimum Gasteiger partial charge on any atom is -0.497 e. The normalized spacial score (nSPS) is 11.9. The Hall–Kier alpha value is -2.19. The van der Waals surface area contributed by atoms with Crippen LogP contribution in [0.5, 0.6) is 5.75 Å². The Bertz CT molecular complexity index is 900. The maximum atomic E-state index is 12.7. The molecule has 0 aliphatic rings. The van der Waals surface area contributed by atoms with Crippen molar-refractivity contribution in [2.45, 2.75) is 20.4 Å². The number of benzene rings is 1. The van der Waals surface area contributed by atoms with Crippen molar-refractivity contribution in [3.05, 3.63) is 69.6 Å². The summed E-state index contributed by atoms with van der Waals surface area (Å²) in [5.74, 6) is 6.77. The zero-order valence-corrected chi connectivity index (χ0v) is 18.3. The van der Waals surface area contributed by atoms with E-state index in [2.05, 4.69) is 5.32 Å². The topological polar surface area (TPSA) is 67.6 Å². The number of methoxy groups -OCH3 is 1. The number of thiocarbonyl (C=S) groups is 1. The highest BCUT2D eigenvalue weighted by Crippen LogP contribution is 2.26. The van der Waals surface area contributed by atoms with Crippen LogP contribution in [-0.2, 0) is 6.54 Å². The fourth-order valence-electron chi connectivity index (χ4n) is 2.28. The number of ether oxygens (including phenoxy) is 1. The molecule has 0 fully saturated rings. The average molecular weight is 436 g/mol. The molecule has 1 heterocycles. The van der Waals surface area contributed by atoms with E-state index in [1.165, 1.54) is 16.3 Å². The molecule has 148 valence electrons. The number of hydrogen-bond donors (Lipinski definition) is 2. The molecule has 0 spiro atoms. The lowest BCUT2D eigenvalue weighted by Crippen LogP contribution is -2.39. The molecule has 0 bridgehead atoms. The standard InChI is InChI=1S/C20H22ClN3O2S2/c1-13(4-5-14(2)21)18(25)17-10-11-28-19(17)23-20(27)24(22)12-15-6-8-16(26-3)9-7-15/h4-11H,12,22H2,1-3H3,(H,23,27)/b13-4+,14-5+. The molecule has 0 radical (unpaired) electrons. The summed E-state index contributed by atoms with van der Waals surface area (Å²) in [6.45, 7) is 3.92. The molecule has 0 saturated heterocycles. The minimum atomic E-state index is -0.0977. The molecule has 2 rings (SSSR count). The summed E-state index contributed by atoms with van der Waals surface area (Å²) >= 11 is 12.6. The van der Waals surface area contributed by atoms with Crippen molar-refractivity contribution in [2.75, 3.05) is 12.4 Å². The Balaban J connectivity index is 2.06. The molecule has 8 heteroatoms. The molecular formula is C20H22ClN3O2S2. The van der Waals surface area contributed by atoms with Gasteiger partial charge in [-0.2, -0.15) is 0 Å². The van der Waals surface area contributed by atoms with E-state index < -0.39 is 0 Å². The van der Waals surface area contributed by atoms with Crippen molar-refractivity contribution in [3.8, 4) is 5.75 Å². The van der Waals surface area contributed by atoms with E-state index in [1.54, 1.807) is 39.2 Å². The molecule has 1 aromatic carbocycles. The number of hydrogen-bond acceptors (Lipinski definition) is 5. The molecule has 0 amide bonds. The highest BCUT2D eigenvalue weighted by atomic mass is 35.5. The molecule has 0 atom stereocenters.